The molecular weight excluding hydrogens is 394 g/mol. The van der Waals surface area contributed by atoms with Gasteiger partial charge in [0.2, 0.25) is 5.91 Å². The average molecular weight is 419 g/mol. The van der Waals surface area contributed by atoms with Gasteiger partial charge in [-0.2, -0.15) is 5.10 Å². The van der Waals surface area contributed by atoms with E-state index in [4.69, 9.17) is 15.5 Å². The number of hydrogen-bond acceptors (Lipinski definition) is 6. The maximum Gasteiger partial charge on any atom is 0.231 e. The van der Waals surface area contributed by atoms with Crippen LogP contribution in [-0.2, 0) is 4.79 Å². The van der Waals surface area contributed by atoms with Crippen LogP contribution in [0.2, 0.25) is 0 Å². The van der Waals surface area contributed by atoms with Crippen molar-refractivity contribution < 1.29 is 9.53 Å². The highest BCUT2D eigenvalue weighted by Crippen LogP contribution is 2.37. The number of ether oxygens (including phenoxy) is 1. The molecule has 4 aromatic rings. The van der Waals surface area contributed by atoms with E-state index in [1.807, 2.05) is 17.2 Å². The molecule has 5 rings (SSSR count). The highest BCUT2D eigenvalue weighted by Gasteiger charge is 2.30. The molecule has 0 aromatic carbocycles. The number of methoxy groups -OCH3 is 1. The zero-order valence-electron chi connectivity index (χ0n) is 17.8. The van der Waals surface area contributed by atoms with Gasteiger partial charge in [-0.1, -0.05) is 13.8 Å². The van der Waals surface area contributed by atoms with E-state index in [1.165, 1.54) is 6.33 Å². The minimum atomic E-state index is -0.293. The third-order valence-corrected chi connectivity index (χ3v) is 5.88. The lowest BCUT2D eigenvalue weighted by Gasteiger charge is -2.38. The standard InChI is InChI=1S/C22H25N7O2/c1-12(2)19-20(13-6-17(31-3)22-24-11-25-29(22)9-13)27-16-5-4-15(26-21(16)19)14-7-28(8-14)10-18(23)30/h4-6,9,11-12,14,27H,7-8,10H2,1-3H3,(H2,23,30). The van der Waals surface area contributed by atoms with Crippen molar-refractivity contribution in [1.82, 2.24) is 29.5 Å². The van der Waals surface area contributed by atoms with Gasteiger partial charge >= 0.3 is 0 Å². The molecule has 0 spiro atoms. The number of nitrogens with zero attached hydrogens (tertiary/aromatic N) is 5. The normalized spacial score (nSPS) is 15.1. The molecule has 160 valence electrons. The van der Waals surface area contributed by atoms with Crippen molar-refractivity contribution in [2.45, 2.75) is 25.7 Å². The van der Waals surface area contributed by atoms with Crippen molar-refractivity contribution >= 4 is 22.6 Å². The summed E-state index contributed by atoms with van der Waals surface area (Å²) < 4.78 is 7.27. The van der Waals surface area contributed by atoms with E-state index in [9.17, 15) is 4.79 Å². The second-order valence-electron chi connectivity index (χ2n) is 8.38. The molecule has 0 aliphatic carbocycles. The summed E-state index contributed by atoms with van der Waals surface area (Å²) in [6, 6.07) is 6.14. The fourth-order valence-corrected chi connectivity index (χ4v) is 4.41. The van der Waals surface area contributed by atoms with Crippen molar-refractivity contribution in [3.05, 3.63) is 42.0 Å². The monoisotopic (exact) mass is 419 g/mol. The molecule has 0 unspecified atom stereocenters. The number of nitrogens with one attached hydrogen (secondary N) is 1. The summed E-state index contributed by atoms with van der Waals surface area (Å²) >= 11 is 0. The first-order valence-corrected chi connectivity index (χ1v) is 10.4. The van der Waals surface area contributed by atoms with E-state index >= 15 is 0 Å². The van der Waals surface area contributed by atoms with Gasteiger partial charge in [0.05, 0.1) is 30.4 Å². The first-order valence-electron chi connectivity index (χ1n) is 10.4. The predicted octanol–water partition coefficient (Wildman–Crippen LogP) is 2.29. The molecule has 1 aliphatic heterocycles. The fourth-order valence-electron chi connectivity index (χ4n) is 4.41. The van der Waals surface area contributed by atoms with Gasteiger partial charge in [-0.05, 0) is 24.1 Å². The summed E-state index contributed by atoms with van der Waals surface area (Å²) in [4.78, 5) is 26.0. The number of pyridine rings is 2. The van der Waals surface area contributed by atoms with Crippen LogP contribution in [0.25, 0.3) is 27.9 Å². The Kier molecular flexibility index (Phi) is 4.62. The van der Waals surface area contributed by atoms with E-state index in [0.717, 1.165) is 46.6 Å². The van der Waals surface area contributed by atoms with Crippen molar-refractivity contribution in [2.75, 3.05) is 26.7 Å². The van der Waals surface area contributed by atoms with Crippen molar-refractivity contribution in [2.24, 2.45) is 5.73 Å². The SMILES string of the molecule is COc1cc(-c2[nH]c3ccc(C4CN(CC(N)=O)C4)nc3c2C(C)C)cn2ncnc12. The lowest BCUT2D eigenvalue weighted by Crippen LogP contribution is -2.48. The Bertz CT molecular complexity index is 1280. The Labute approximate surface area is 179 Å². The van der Waals surface area contributed by atoms with Crippen LogP contribution in [0.3, 0.4) is 0 Å². The fraction of sp³-hybridized carbons (Fsp3) is 0.364. The van der Waals surface area contributed by atoms with Crippen LogP contribution in [0.1, 0.15) is 36.9 Å². The van der Waals surface area contributed by atoms with Crippen LogP contribution < -0.4 is 10.5 Å². The molecule has 1 fully saturated rings. The summed E-state index contributed by atoms with van der Waals surface area (Å²) in [7, 11) is 1.64. The van der Waals surface area contributed by atoms with Crippen LogP contribution in [0.4, 0.5) is 0 Å². The Morgan fingerprint density at radius 1 is 1.35 bits per heavy atom. The van der Waals surface area contributed by atoms with Gasteiger partial charge in [0.25, 0.3) is 0 Å². The molecule has 1 amide bonds. The van der Waals surface area contributed by atoms with E-state index in [0.29, 0.717) is 23.9 Å². The first kappa shape index (κ1) is 19.5. The summed E-state index contributed by atoms with van der Waals surface area (Å²) in [5.41, 5.74) is 12.1. The Morgan fingerprint density at radius 2 is 2.16 bits per heavy atom. The predicted molar refractivity (Wildman–Crippen MR) is 117 cm³/mol. The number of carbonyl (C=O) groups excluding carboxylic acids is 1. The second-order valence-corrected chi connectivity index (χ2v) is 8.38. The first-order chi connectivity index (χ1) is 14.9. The highest BCUT2D eigenvalue weighted by molar-refractivity contribution is 5.89. The van der Waals surface area contributed by atoms with Crippen LogP contribution in [0.5, 0.6) is 5.75 Å². The number of amides is 1. The van der Waals surface area contributed by atoms with Crippen LogP contribution >= 0.6 is 0 Å². The van der Waals surface area contributed by atoms with Crippen LogP contribution in [0, 0.1) is 0 Å². The van der Waals surface area contributed by atoms with Gasteiger partial charge in [-0.15, -0.1) is 0 Å². The molecule has 0 radical (unpaired) electrons. The lowest BCUT2D eigenvalue weighted by molar-refractivity contribution is -0.120. The molecule has 3 N–H and O–H groups in total. The van der Waals surface area contributed by atoms with Crippen molar-refractivity contribution in [3.63, 3.8) is 0 Å². The van der Waals surface area contributed by atoms with Gasteiger partial charge in [-0.3, -0.25) is 14.7 Å². The molecule has 31 heavy (non-hydrogen) atoms. The maximum absolute atomic E-state index is 11.1. The molecule has 1 aliphatic rings. The van der Waals surface area contributed by atoms with Gasteiger partial charge < -0.3 is 15.5 Å². The second kappa shape index (κ2) is 7.35. The van der Waals surface area contributed by atoms with E-state index in [2.05, 4.69) is 41.0 Å². The number of carbonyl (C=O) groups is 1. The van der Waals surface area contributed by atoms with Crippen molar-refractivity contribution in [1.29, 1.82) is 0 Å². The molecule has 0 saturated carbocycles. The molecule has 5 heterocycles. The average Bonchev–Trinajstić information content (AvgIpc) is 3.33. The molecule has 0 bridgehead atoms. The number of H-pyrrole nitrogens is 1. The number of nitrogens with two attached hydrogens (primary N) is 1. The maximum atomic E-state index is 11.1. The van der Waals surface area contributed by atoms with E-state index in [1.54, 1.807) is 11.6 Å². The zero-order valence-corrected chi connectivity index (χ0v) is 17.8. The number of aromatic nitrogens is 5. The molecule has 9 nitrogen and oxygen atoms in total. The summed E-state index contributed by atoms with van der Waals surface area (Å²) in [5.74, 6) is 0.949. The lowest BCUT2D eigenvalue weighted by atomic mass is 9.94. The molecule has 0 atom stereocenters. The van der Waals surface area contributed by atoms with E-state index in [-0.39, 0.29) is 11.8 Å². The quantitative estimate of drug-likeness (QED) is 0.496. The number of aromatic amines is 1. The summed E-state index contributed by atoms with van der Waals surface area (Å²) in [5, 5.41) is 4.28. The number of hydrogen-bond donors (Lipinski definition) is 2. The van der Waals surface area contributed by atoms with Crippen molar-refractivity contribution in [3.8, 4) is 17.0 Å². The molecule has 4 aromatic heterocycles. The minimum absolute atomic E-state index is 0.261. The van der Waals surface area contributed by atoms with Gasteiger partial charge in [-0.25, -0.2) is 9.50 Å². The summed E-state index contributed by atoms with van der Waals surface area (Å²) in [6.45, 7) is 6.25. The number of fused-ring (bicyclic) bond motifs is 2. The number of likely N-dealkylation sites (tertiary alicyclic amines) is 1. The zero-order chi connectivity index (χ0) is 21.7. The molecule has 9 heteroatoms. The number of primary amides is 1. The Morgan fingerprint density at radius 3 is 2.87 bits per heavy atom. The third kappa shape index (κ3) is 3.31. The smallest absolute Gasteiger partial charge is 0.231 e. The largest absolute Gasteiger partial charge is 0.493 e. The minimum Gasteiger partial charge on any atom is -0.493 e. The summed E-state index contributed by atoms with van der Waals surface area (Å²) in [6.07, 6.45) is 3.47. The van der Waals surface area contributed by atoms with Crippen LogP contribution in [0.15, 0.2) is 30.7 Å². The van der Waals surface area contributed by atoms with E-state index < -0.39 is 0 Å². The Balaban J connectivity index is 1.57. The topological polar surface area (TPSA) is 114 Å². The molecule has 1 saturated heterocycles. The number of rotatable bonds is 6. The molecular formula is C22H25N7O2. The van der Waals surface area contributed by atoms with Gasteiger partial charge in [0.15, 0.2) is 11.4 Å². The van der Waals surface area contributed by atoms with Gasteiger partial charge in [0.1, 0.15) is 6.33 Å². The highest BCUT2D eigenvalue weighted by atomic mass is 16.5. The van der Waals surface area contributed by atoms with Crippen LogP contribution in [-0.4, -0.2) is 62.1 Å². The Hall–Kier alpha value is -3.46. The third-order valence-electron chi connectivity index (χ3n) is 5.88. The van der Waals surface area contributed by atoms with Gasteiger partial charge in [0, 0.05) is 42.0 Å².